The molecule has 1 fully saturated rings. The highest BCUT2D eigenvalue weighted by Gasteiger charge is 2.21. The molecule has 1 atom stereocenters. The average Bonchev–Trinajstić information content (AvgIpc) is 2.74. The van der Waals surface area contributed by atoms with Crippen LogP contribution in [-0.2, 0) is 0 Å². The highest BCUT2D eigenvalue weighted by atomic mass is 35.5. The Hall–Kier alpha value is -0.870. The molecule has 0 aromatic carbocycles. The molecule has 0 amide bonds. The Morgan fingerprint density at radius 2 is 2.40 bits per heavy atom. The van der Waals surface area contributed by atoms with Crippen LogP contribution >= 0.6 is 11.6 Å². The Bertz CT molecular complexity index is 349. The fourth-order valence-electron chi connectivity index (χ4n) is 1.72. The maximum absolute atomic E-state index is 5.97. The van der Waals surface area contributed by atoms with E-state index in [9.17, 15) is 0 Å². The summed E-state index contributed by atoms with van der Waals surface area (Å²) in [5.41, 5.74) is 0.915. The average molecular weight is 227 g/mol. The van der Waals surface area contributed by atoms with Crippen molar-refractivity contribution in [1.29, 1.82) is 0 Å². The van der Waals surface area contributed by atoms with Crippen LogP contribution in [0.3, 0.4) is 0 Å². The van der Waals surface area contributed by atoms with Crippen molar-refractivity contribution in [1.82, 2.24) is 15.3 Å². The van der Waals surface area contributed by atoms with Gasteiger partial charge in [0, 0.05) is 31.4 Å². The topological polar surface area (TPSA) is 41.1 Å². The predicted molar refractivity (Wildman–Crippen MR) is 61.5 cm³/mol. The summed E-state index contributed by atoms with van der Waals surface area (Å²) in [5, 5.41) is 3.86. The van der Waals surface area contributed by atoms with E-state index in [2.05, 4.69) is 20.2 Å². The van der Waals surface area contributed by atoms with Gasteiger partial charge in [-0.25, -0.2) is 9.97 Å². The largest absolute Gasteiger partial charge is 0.340 e. The lowest BCUT2D eigenvalue weighted by Crippen LogP contribution is -2.34. The van der Waals surface area contributed by atoms with E-state index < -0.39 is 0 Å². The van der Waals surface area contributed by atoms with E-state index in [1.165, 1.54) is 0 Å². The molecular formula is C10H15ClN4. The zero-order valence-corrected chi connectivity index (χ0v) is 9.75. The molecule has 1 saturated heterocycles. The molecule has 0 unspecified atom stereocenters. The van der Waals surface area contributed by atoms with Crippen LogP contribution in [0.1, 0.15) is 12.0 Å². The molecule has 0 saturated carbocycles. The summed E-state index contributed by atoms with van der Waals surface area (Å²) in [6, 6.07) is 0.476. The number of anilines is 1. The van der Waals surface area contributed by atoms with Gasteiger partial charge in [-0.05, 0) is 19.9 Å². The summed E-state index contributed by atoms with van der Waals surface area (Å²) in [4.78, 5) is 10.6. The highest BCUT2D eigenvalue weighted by Crippen LogP contribution is 2.17. The zero-order chi connectivity index (χ0) is 10.8. The second-order valence-corrected chi connectivity index (χ2v) is 4.26. The van der Waals surface area contributed by atoms with E-state index in [1.54, 1.807) is 6.20 Å². The third-order valence-corrected chi connectivity index (χ3v) is 3.18. The summed E-state index contributed by atoms with van der Waals surface area (Å²) < 4.78 is 0. The van der Waals surface area contributed by atoms with E-state index in [-0.39, 0.29) is 0 Å². The first kappa shape index (κ1) is 10.6. The second-order valence-electron chi connectivity index (χ2n) is 3.90. The number of nitrogens with one attached hydrogen (secondary N) is 1. The van der Waals surface area contributed by atoms with Gasteiger partial charge in [0.25, 0.3) is 0 Å². The van der Waals surface area contributed by atoms with Crippen molar-refractivity contribution in [3.63, 3.8) is 0 Å². The van der Waals surface area contributed by atoms with Gasteiger partial charge in [-0.1, -0.05) is 11.6 Å². The first-order chi connectivity index (χ1) is 7.18. The second kappa shape index (κ2) is 4.33. The van der Waals surface area contributed by atoms with Crippen LogP contribution in [0.2, 0.25) is 5.15 Å². The Balaban J connectivity index is 2.17. The molecule has 5 heteroatoms. The number of hydrogen-bond donors (Lipinski definition) is 1. The summed E-state index contributed by atoms with van der Waals surface area (Å²) in [6.07, 6.45) is 2.90. The molecule has 82 valence electrons. The van der Waals surface area contributed by atoms with Crippen molar-refractivity contribution < 1.29 is 0 Å². The molecule has 2 heterocycles. The van der Waals surface area contributed by atoms with E-state index in [4.69, 9.17) is 11.6 Å². The minimum atomic E-state index is 0.476. The molecule has 1 aromatic heterocycles. The van der Waals surface area contributed by atoms with Crippen molar-refractivity contribution in [3.8, 4) is 0 Å². The number of halogens is 1. The maximum atomic E-state index is 5.97. The quantitative estimate of drug-likeness (QED) is 0.771. The number of hydrogen-bond acceptors (Lipinski definition) is 4. The number of rotatable bonds is 2. The van der Waals surface area contributed by atoms with Crippen LogP contribution in [0.4, 0.5) is 5.95 Å². The van der Waals surface area contributed by atoms with Crippen molar-refractivity contribution in [3.05, 3.63) is 16.9 Å². The van der Waals surface area contributed by atoms with Crippen LogP contribution < -0.4 is 10.2 Å². The van der Waals surface area contributed by atoms with Gasteiger partial charge < -0.3 is 10.2 Å². The van der Waals surface area contributed by atoms with Gasteiger partial charge in [0.15, 0.2) is 0 Å². The fourth-order valence-corrected chi connectivity index (χ4v) is 1.84. The van der Waals surface area contributed by atoms with Gasteiger partial charge in [-0.2, -0.15) is 0 Å². The first-order valence-electron chi connectivity index (χ1n) is 5.11. The van der Waals surface area contributed by atoms with Gasteiger partial charge in [0.2, 0.25) is 5.95 Å². The van der Waals surface area contributed by atoms with Crippen LogP contribution in [-0.4, -0.2) is 36.1 Å². The van der Waals surface area contributed by atoms with Crippen LogP contribution in [0, 0.1) is 6.92 Å². The molecule has 1 aliphatic heterocycles. The summed E-state index contributed by atoms with van der Waals surface area (Å²) >= 11 is 5.97. The molecule has 0 spiro atoms. The summed E-state index contributed by atoms with van der Waals surface area (Å²) in [7, 11) is 2.01. The number of aryl methyl sites for hydroxylation is 1. The Morgan fingerprint density at radius 3 is 3.00 bits per heavy atom. The van der Waals surface area contributed by atoms with E-state index in [0.29, 0.717) is 17.1 Å². The zero-order valence-electron chi connectivity index (χ0n) is 9.00. The lowest BCUT2D eigenvalue weighted by atomic mass is 10.2. The van der Waals surface area contributed by atoms with Gasteiger partial charge >= 0.3 is 0 Å². The molecule has 1 aliphatic rings. The molecule has 1 N–H and O–H groups in total. The fraction of sp³-hybridized carbons (Fsp3) is 0.600. The minimum Gasteiger partial charge on any atom is -0.340 e. The minimum absolute atomic E-state index is 0.476. The van der Waals surface area contributed by atoms with Crippen LogP contribution in [0.25, 0.3) is 0 Å². The van der Waals surface area contributed by atoms with Crippen LogP contribution in [0.5, 0.6) is 0 Å². The lowest BCUT2D eigenvalue weighted by molar-refractivity contribution is 0.668. The Kier molecular flexibility index (Phi) is 3.07. The Morgan fingerprint density at radius 1 is 1.60 bits per heavy atom. The third kappa shape index (κ3) is 2.21. The molecule has 4 nitrogen and oxygen atoms in total. The number of aromatic nitrogens is 2. The first-order valence-corrected chi connectivity index (χ1v) is 5.49. The normalized spacial score (nSPS) is 20.6. The SMILES string of the molecule is Cc1cnc(N(C)[C@@H]2CCNC2)nc1Cl. The van der Waals surface area contributed by atoms with E-state index in [0.717, 1.165) is 25.1 Å². The molecule has 1 aromatic rings. The van der Waals surface area contributed by atoms with Gasteiger partial charge in [-0.15, -0.1) is 0 Å². The van der Waals surface area contributed by atoms with Crippen molar-refractivity contribution in [2.24, 2.45) is 0 Å². The number of likely N-dealkylation sites (N-methyl/N-ethyl adjacent to an activating group) is 1. The Labute approximate surface area is 94.7 Å². The van der Waals surface area contributed by atoms with Crippen molar-refractivity contribution in [2.75, 3.05) is 25.0 Å². The molecular weight excluding hydrogens is 212 g/mol. The van der Waals surface area contributed by atoms with Gasteiger partial charge in [0.1, 0.15) is 5.15 Å². The van der Waals surface area contributed by atoms with E-state index in [1.807, 2.05) is 14.0 Å². The van der Waals surface area contributed by atoms with Crippen LogP contribution in [0.15, 0.2) is 6.20 Å². The van der Waals surface area contributed by atoms with Gasteiger partial charge in [0.05, 0.1) is 0 Å². The molecule has 15 heavy (non-hydrogen) atoms. The van der Waals surface area contributed by atoms with Crippen molar-refractivity contribution >= 4 is 17.5 Å². The van der Waals surface area contributed by atoms with Crippen molar-refractivity contribution in [2.45, 2.75) is 19.4 Å². The highest BCUT2D eigenvalue weighted by molar-refractivity contribution is 6.30. The summed E-state index contributed by atoms with van der Waals surface area (Å²) in [6.45, 7) is 3.96. The smallest absolute Gasteiger partial charge is 0.226 e. The number of nitrogens with zero attached hydrogens (tertiary/aromatic N) is 3. The van der Waals surface area contributed by atoms with Gasteiger partial charge in [-0.3, -0.25) is 0 Å². The molecule has 0 aliphatic carbocycles. The third-order valence-electron chi connectivity index (χ3n) is 2.79. The molecule has 0 radical (unpaired) electrons. The monoisotopic (exact) mass is 226 g/mol. The lowest BCUT2D eigenvalue weighted by Gasteiger charge is -2.23. The standard InChI is InChI=1S/C10H15ClN4/c1-7-5-13-10(14-9(7)11)15(2)8-3-4-12-6-8/h5,8,12H,3-4,6H2,1-2H3/t8-/m1/s1. The maximum Gasteiger partial charge on any atom is 0.226 e. The summed E-state index contributed by atoms with van der Waals surface area (Å²) in [5.74, 6) is 0.708. The molecule has 0 bridgehead atoms. The molecule has 2 rings (SSSR count). The van der Waals surface area contributed by atoms with E-state index >= 15 is 0 Å². The predicted octanol–water partition coefficient (Wildman–Crippen LogP) is 1.24.